The molecule has 0 unspecified atom stereocenters. The lowest BCUT2D eigenvalue weighted by Gasteiger charge is -2.09. The van der Waals surface area contributed by atoms with E-state index in [9.17, 15) is 19.5 Å². The molecule has 3 aromatic rings. The van der Waals surface area contributed by atoms with Crippen LogP contribution in [-0.4, -0.2) is 28.6 Å². The maximum absolute atomic E-state index is 12.3. The highest BCUT2D eigenvalue weighted by molar-refractivity contribution is 6.08. The fourth-order valence-corrected chi connectivity index (χ4v) is 2.70. The second-order valence-electron chi connectivity index (χ2n) is 5.78. The monoisotopic (exact) mass is 353 g/mol. The van der Waals surface area contributed by atoms with E-state index >= 15 is 0 Å². The van der Waals surface area contributed by atoms with E-state index in [-0.39, 0.29) is 16.3 Å². The highest BCUT2D eigenvalue weighted by Gasteiger charge is 2.20. The molecule has 1 aromatic heterocycles. The van der Waals surface area contributed by atoms with E-state index < -0.39 is 30.0 Å². The van der Waals surface area contributed by atoms with Gasteiger partial charge >= 0.3 is 11.6 Å². The summed E-state index contributed by atoms with van der Waals surface area (Å²) >= 11 is 0. The number of aliphatic carboxylic acids is 1. The number of carboxylic acid groups (broad SMARTS) is 1. The number of carbonyl (C=O) groups is 2. The Bertz CT molecular complexity index is 1080. The Morgan fingerprint density at radius 3 is 2.50 bits per heavy atom. The van der Waals surface area contributed by atoms with E-state index in [2.05, 4.69) is 5.32 Å². The highest BCUT2D eigenvalue weighted by atomic mass is 16.5. The summed E-state index contributed by atoms with van der Waals surface area (Å²) in [4.78, 5) is 35.0. The van der Waals surface area contributed by atoms with Crippen LogP contribution in [0.15, 0.2) is 51.7 Å². The fraction of sp³-hybridized carbons (Fsp3) is 0.105. The number of benzene rings is 2. The zero-order valence-corrected chi connectivity index (χ0v) is 13.8. The molecule has 0 aliphatic rings. The number of carbonyl (C=O) groups excluding carboxylic acids is 1. The number of amides is 1. The van der Waals surface area contributed by atoms with Crippen LogP contribution in [0.25, 0.3) is 21.9 Å². The van der Waals surface area contributed by atoms with Crippen LogP contribution in [0.5, 0.6) is 5.95 Å². The van der Waals surface area contributed by atoms with Crippen molar-refractivity contribution in [1.29, 1.82) is 0 Å². The van der Waals surface area contributed by atoms with Crippen molar-refractivity contribution in [3.8, 4) is 17.1 Å². The molecular weight excluding hydrogens is 338 g/mol. The number of rotatable bonds is 4. The number of aromatic hydroxyl groups is 1. The Kier molecular flexibility index (Phi) is 4.45. The van der Waals surface area contributed by atoms with Crippen LogP contribution >= 0.6 is 0 Å². The van der Waals surface area contributed by atoms with Crippen molar-refractivity contribution in [1.82, 2.24) is 5.32 Å². The second kappa shape index (κ2) is 6.72. The van der Waals surface area contributed by atoms with Crippen molar-refractivity contribution in [2.24, 2.45) is 0 Å². The van der Waals surface area contributed by atoms with Crippen molar-refractivity contribution in [2.75, 3.05) is 6.54 Å². The van der Waals surface area contributed by atoms with Crippen LogP contribution in [0, 0.1) is 6.92 Å². The minimum atomic E-state index is -1.24. The first-order valence-corrected chi connectivity index (χ1v) is 7.73. The molecule has 1 amide bonds. The molecule has 0 bridgehead atoms. The van der Waals surface area contributed by atoms with Gasteiger partial charge in [-0.3, -0.25) is 9.59 Å². The van der Waals surface area contributed by atoms with E-state index in [4.69, 9.17) is 9.52 Å². The van der Waals surface area contributed by atoms with Crippen LogP contribution in [0.4, 0.5) is 0 Å². The van der Waals surface area contributed by atoms with Gasteiger partial charge in [-0.2, -0.15) is 0 Å². The molecule has 0 radical (unpaired) electrons. The third-order valence-electron chi connectivity index (χ3n) is 3.89. The van der Waals surface area contributed by atoms with Crippen molar-refractivity contribution < 1.29 is 24.2 Å². The summed E-state index contributed by atoms with van der Waals surface area (Å²) in [5.41, 5.74) is 1.25. The molecule has 0 fully saturated rings. The van der Waals surface area contributed by atoms with Crippen molar-refractivity contribution in [2.45, 2.75) is 6.92 Å². The van der Waals surface area contributed by atoms with Gasteiger partial charge in [0.05, 0.1) is 5.39 Å². The molecule has 0 saturated heterocycles. The van der Waals surface area contributed by atoms with Gasteiger partial charge in [0, 0.05) is 5.39 Å². The first-order chi connectivity index (χ1) is 12.4. The lowest BCUT2D eigenvalue weighted by Crippen LogP contribution is -2.32. The second-order valence-corrected chi connectivity index (χ2v) is 5.78. The van der Waals surface area contributed by atoms with Crippen LogP contribution in [0.1, 0.15) is 15.9 Å². The molecule has 3 N–H and O–H groups in total. The first-order valence-electron chi connectivity index (χ1n) is 7.73. The Morgan fingerprint density at radius 2 is 1.81 bits per heavy atom. The number of nitrogens with one attached hydrogen (secondary N) is 1. The first kappa shape index (κ1) is 17.2. The third-order valence-corrected chi connectivity index (χ3v) is 3.89. The van der Waals surface area contributed by atoms with Gasteiger partial charge in [0.2, 0.25) is 0 Å². The predicted octanol–water partition coefficient (Wildman–Crippen LogP) is 2.29. The zero-order chi connectivity index (χ0) is 18.8. The van der Waals surface area contributed by atoms with E-state index in [1.165, 1.54) is 0 Å². The number of carboxylic acids is 1. The Labute approximate surface area is 147 Å². The molecular formula is C19H15NO6. The highest BCUT2D eigenvalue weighted by Crippen LogP contribution is 2.30. The van der Waals surface area contributed by atoms with Gasteiger partial charge in [-0.05, 0) is 30.2 Å². The lowest BCUT2D eigenvalue weighted by atomic mass is 9.98. The molecule has 0 saturated carbocycles. The topological polar surface area (TPSA) is 117 Å². The zero-order valence-electron chi connectivity index (χ0n) is 13.8. The smallest absolute Gasteiger partial charge is 0.352 e. The van der Waals surface area contributed by atoms with Gasteiger partial charge in [0.1, 0.15) is 12.1 Å². The molecule has 0 spiro atoms. The maximum atomic E-state index is 12.3. The normalized spacial score (nSPS) is 10.7. The number of aryl methyl sites for hydroxylation is 1. The molecule has 0 atom stereocenters. The summed E-state index contributed by atoms with van der Waals surface area (Å²) in [5.74, 6) is -2.73. The summed E-state index contributed by atoms with van der Waals surface area (Å²) < 4.78 is 4.71. The van der Waals surface area contributed by atoms with Crippen molar-refractivity contribution in [3.63, 3.8) is 0 Å². The van der Waals surface area contributed by atoms with E-state index in [0.29, 0.717) is 0 Å². The summed E-state index contributed by atoms with van der Waals surface area (Å²) in [7, 11) is 0. The van der Waals surface area contributed by atoms with Gasteiger partial charge in [-0.1, -0.05) is 35.9 Å². The fourth-order valence-electron chi connectivity index (χ4n) is 2.70. The van der Waals surface area contributed by atoms with Crippen LogP contribution in [0.3, 0.4) is 0 Å². The average Bonchev–Trinajstić information content (AvgIpc) is 2.59. The van der Waals surface area contributed by atoms with Gasteiger partial charge < -0.3 is 19.9 Å². The van der Waals surface area contributed by atoms with Crippen LogP contribution in [0.2, 0.25) is 0 Å². The van der Waals surface area contributed by atoms with Crippen LogP contribution < -0.4 is 10.9 Å². The third kappa shape index (κ3) is 3.27. The summed E-state index contributed by atoms with van der Waals surface area (Å²) in [5, 5.41) is 21.1. The minimum absolute atomic E-state index is 0.181. The van der Waals surface area contributed by atoms with Crippen molar-refractivity contribution in [3.05, 3.63) is 64.0 Å². The van der Waals surface area contributed by atoms with Gasteiger partial charge in [-0.25, -0.2) is 4.79 Å². The summed E-state index contributed by atoms with van der Waals surface area (Å²) in [6.07, 6.45) is 0. The number of hydrogen-bond acceptors (Lipinski definition) is 5. The molecule has 2 aromatic carbocycles. The quantitative estimate of drug-likeness (QED) is 0.662. The predicted molar refractivity (Wildman–Crippen MR) is 94.3 cm³/mol. The Balaban J connectivity index is 2.20. The molecule has 0 aliphatic heterocycles. The maximum Gasteiger partial charge on any atom is 0.352 e. The van der Waals surface area contributed by atoms with Crippen LogP contribution in [-0.2, 0) is 4.79 Å². The molecule has 1 heterocycles. The SMILES string of the molecule is Cc1cccc(-c2ccc3c(O)oc(=O)c(C(=O)NCC(=O)O)c3c2)c1. The largest absolute Gasteiger partial charge is 0.480 e. The number of fused-ring (bicyclic) bond motifs is 1. The van der Waals surface area contributed by atoms with E-state index in [1.807, 2.05) is 31.2 Å². The molecule has 132 valence electrons. The average molecular weight is 353 g/mol. The van der Waals surface area contributed by atoms with E-state index in [1.54, 1.807) is 18.2 Å². The van der Waals surface area contributed by atoms with Crippen molar-refractivity contribution >= 4 is 22.6 Å². The molecule has 7 heteroatoms. The molecule has 26 heavy (non-hydrogen) atoms. The Hall–Kier alpha value is -3.61. The van der Waals surface area contributed by atoms with Gasteiger partial charge in [0.15, 0.2) is 0 Å². The number of hydrogen-bond donors (Lipinski definition) is 3. The molecule has 0 aliphatic carbocycles. The van der Waals surface area contributed by atoms with E-state index in [0.717, 1.165) is 16.7 Å². The summed E-state index contributed by atoms with van der Waals surface area (Å²) in [6, 6.07) is 12.5. The molecule has 7 nitrogen and oxygen atoms in total. The molecule has 3 rings (SSSR count). The minimum Gasteiger partial charge on any atom is -0.480 e. The Morgan fingerprint density at radius 1 is 1.08 bits per heavy atom. The lowest BCUT2D eigenvalue weighted by molar-refractivity contribution is -0.135. The summed E-state index contributed by atoms with van der Waals surface area (Å²) in [6.45, 7) is 1.30. The standard InChI is InChI=1S/C19H15NO6/c1-10-3-2-4-11(7-10)12-5-6-13-14(8-12)16(19(25)26-18(13)24)17(23)20-9-15(21)22/h2-8,24H,9H2,1H3,(H,20,23)(H,21,22). The van der Waals surface area contributed by atoms with Gasteiger partial charge in [-0.15, -0.1) is 0 Å². The van der Waals surface area contributed by atoms with Gasteiger partial charge in [0.25, 0.3) is 11.9 Å².